The molecular formula is C16H13F3N6OS. The second-order valence-corrected chi connectivity index (χ2v) is 6.53. The number of hydrogen-bond donors (Lipinski definition) is 0. The summed E-state index contributed by atoms with van der Waals surface area (Å²) in [6.45, 7) is 1.55. The largest absolute Gasteiger partial charge is 0.433 e. The van der Waals surface area contributed by atoms with Crippen LogP contribution in [0, 0.1) is 0 Å². The van der Waals surface area contributed by atoms with E-state index in [9.17, 15) is 18.0 Å². The molecule has 2 aromatic heterocycles. The predicted molar refractivity (Wildman–Crippen MR) is 92.6 cm³/mol. The maximum absolute atomic E-state index is 12.8. The number of fused-ring (bicyclic) bond motifs is 1. The first-order valence-electron chi connectivity index (χ1n) is 8.07. The summed E-state index contributed by atoms with van der Waals surface area (Å²) in [5, 5.41) is 0. The van der Waals surface area contributed by atoms with E-state index in [1.54, 1.807) is 28.0 Å². The minimum absolute atomic E-state index is 0.136. The standard InChI is InChI=1S/C16H13F3N6OS/c17-16(18,19)13-8-14(21-9-20-13)24-3-5-25(6-4-24)15(26)10-1-2-11-12(7-10)23-27-22-11/h1-2,7-9H,3-6H2. The highest BCUT2D eigenvalue weighted by molar-refractivity contribution is 7.00. The predicted octanol–water partition coefficient (Wildman–Crippen LogP) is 2.46. The van der Waals surface area contributed by atoms with E-state index in [1.807, 2.05) is 0 Å². The van der Waals surface area contributed by atoms with Crippen LogP contribution in [0.4, 0.5) is 19.0 Å². The van der Waals surface area contributed by atoms with Gasteiger partial charge in [-0.2, -0.15) is 21.9 Å². The molecular weight excluding hydrogens is 381 g/mol. The van der Waals surface area contributed by atoms with E-state index in [-0.39, 0.29) is 11.7 Å². The van der Waals surface area contributed by atoms with Gasteiger partial charge in [0.15, 0.2) is 0 Å². The van der Waals surface area contributed by atoms with E-state index >= 15 is 0 Å². The lowest BCUT2D eigenvalue weighted by Crippen LogP contribution is -2.49. The fraction of sp³-hybridized carbons (Fsp3) is 0.312. The van der Waals surface area contributed by atoms with Crippen molar-refractivity contribution in [3.8, 4) is 0 Å². The van der Waals surface area contributed by atoms with Crippen molar-refractivity contribution in [3.05, 3.63) is 41.9 Å². The average Bonchev–Trinajstić information content (AvgIpc) is 3.15. The van der Waals surface area contributed by atoms with Crippen LogP contribution in [-0.4, -0.2) is 55.7 Å². The first-order chi connectivity index (χ1) is 12.9. The normalized spacial score (nSPS) is 15.4. The summed E-state index contributed by atoms with van der Waals surface area (Å²) >= 11 is 1.09. The topological polar surface area (TPSA) is 75.1 Å². The van der Waals surface area contributed by atoms with Crippen LogP contribution in [0.15, 0.2) is 30.6 Å². The van der Waals surface area contributed by atoms with E-state index in [4.69, 9.17) is 0 Å². The van der Waals surface area contributed by atoms with Gasteiger partial charge in [-0.15, -0.1) is 0 Å². The minimum Gasteiger partial charge on any atom is -0.353 e. The smallest absolute Gasteiger partial charge is 0.353 e. The molecule has 11 heteroatoms. The van der Waals surface area contributed by atoms with Gasteiger partial charge in [-0.05, 0) is 18.2 Å². The Morgan fingerprint density at radius 2 is 1.74 bits per heavy atom. The zero-order chi connectivity index (χ0) is 19.0. The van der Waals surface area contributed by atoms with Crippen LogP contribution in [0.25, 0.3) is 11.0 Å². The highest BCUT2D eigenvalue weighted by atomic mass is 32.1. The molecule has 1 aromatic carbocycles. The Morgan fingerprint density at radius 3 is 2.48 bits per heavy atom. The van der Waals surface area contributed by atoms with Gasteiger partial charge in [0, 0.05) is 37.8 Å². The molecule has 1 aliphatic heterocycles. The number of halogens is 3. The Balaban J connectivity index is 1.45. The van der Waals surface area contributed by atoms with Crippen molar-refractivity contribution in [1.29, 1.82) is 0 Å². The second kappa shape index (κ2) is 6.72. The lowest BCUT2D eigenvalue weighted by atomic mass is 10.1. The fourth-order valence-electron chi connectivity index (χ4n) is 2.91. The summed E-state index contributed by atoms with van der Waals surface area (Å²) < 4.78 is 46.7. The van der Waals surface area contributed by atoms with E-state index in [1.165, 1.54) is 0 Å². The van der Waals surface area contributed by atoms with Crippen LogP contribution in [0.3, 0.4) is 0 Å². The zero-order valence-electron chi connectivity index (χ0n) is 13.8. The quantitative estimate of drug-likeness (QED) is 0.665. The van der Waals surface area contributed by atoms with Crippen LogP contribution < -0.4 is 4.90 Å². The Kier molecular flexibility index (Phi) is 4.38. The average molecular weight is 394 g/mol. The maximum atomic E-state index is 12.8. The fourth-order valence-corrected chi connectivity index (χ4v) is 3.43. The lowest BCUT2D eigenvalue weighted by Gasteiger charge is -2.35. The van der Waals surface area contributed by atoms with Crippen LogP contribution >= 0.6 is 11.7 Å². The molecule has 7 nitrogen and oxygen atoms in total. The number of benzene rings is 1. The van der Waals surface area contributed by atoms with Gasteiger partial charge in [-0.1, -0.05) is 0 Å². The van der Waals surface area contributed by atoms with E-state index in [0.717, 1.165) is 29.6 Å². The maximum Gasteiger partial charge on any atom is 0.433 e. The Bertz CT molecular complexity index is 983. The van der Waals surface area contributed by atoms with Crippen molar-refractivity contribution in [2.24, 2.45) is 0 Å². The number of aromatic nitrogens is 4. The molecule has 3 heterocycles. The molecule has 1 saturated heterocycles. The number of carbonyl (C=O) groups excluding carboxylic acids is 1. The molecule has 140 valence electrons. The van der Waals surface area contributed by atoms with E-state index in [2.05, 4.69) is 18.7 Å². The Labute approximate surface area is 155 Å². The van der Waals surface area contributed by atoms with Crippen molar-refractivity contribution in [2.75, 3.05) is 31.1 Å². The van der Waals surface area contributed by atoms with Gasteiger partial charge in [0.25, 0.3) is 5.91 Å². The number of hydrogen-bond acceptors (Lipinski definition) is 7. The summed E-state index contributed by atoms with van der Waals surface area (Å²) in [5.74, 6) is 0.0719. The molecule has 1 fully saturated rings. The molecule has 1 aliphatic rings. The summed E-state index contributed by atoms with van der Waals surface area (Å²) in [5.41, 5.74) is 0.956. The third-order valence-corrected chi connectivity index (χ3v) is 4.89. The number of piperazine rings is 1. The second-order valence-electron chi connectivity index (χ2n) is 6.01. The molecule has 0 bridgehead atoms. The SMILES string of the molecule is O=C(c1ccc2nsnc2c1)N1CCN(c2cc(C(F)(F)F)ncn2)CC1. The van der Waals surface area contributed by atoms with Gasteiger partial charge in [0.1, 0.15) is 28.9 Å². The Morgan fingerprint density at radius 1 is 1.00 bits per heavy atom. The number of rotatable bonds is 2. The first kappa shape index (κ1) is 17.6. The van der Waals surface area contributed by atoms with Crippen molar-refractivity contribution < 1.29 is 18.0 Å². The van der Waals surface area contributed by atoms with Crippen LogP contribution in [0.1, 0.15) is 16.1 Å². The molecule has 0 aliphatic carbocycles. The molecule has 0 unspecified atom stereocenters. The molecule has 3 aromatic rings. The van der Waals surface area contributed by atoms with Gasteiger partial charge in [0.05, 0.1) is 11.7 Å². The number of amides is 1. The monoisotopic (exact) mass is 394 g/mol. The first-order valence-corrected chi connectivity index (χ1v) is 8.80. The van der Waals surface area contributed by atoms with Crippen molar-refractivity contribution in [1.82, 2.24) is 23.6 Å². The van der Waals surface area contributed by atoms with Crippen LogP contribution in [0.5, 0.6) is 0 Å². The summed E-state index contributed by atoms with van der Waals surface area (Å²) in [6, 6.07) is 6.09. The number of carbonyl (C=O) groups is 1. The van der Waals surface area contributed by atoms with Crippen molar-refractivity contribution in [2.45, 2.75) is 6.18 Å². The van der Waals surface area contributed by atoms with Gasteiger partial charge < -0.3 is 9.80 Å². The third kappa shape index (κ3) is 3.54. The lowest BCUT2D eigenvalue weighted by molar-refractivity contribution is -0.141. The molecule has 0 radical (unpaired) electrons. The van der Waals surface area contributed by atoms with Gasteiger partial charge in [-0.25, -0.2) is 9.97 Å². The van der Waals surface area contributed by atoms with E-state index in [0.29, 0.717) is 37.3 Å². The molecule has 0 N–H and O–H groups in total. The third-order valence-electron chi connectivity index (χ3n) is 4.33. The number of anilines is 1. The number of nitrogens with zero attached hydrogens (tertiary/aromatic N) is 6. The minimum atomic E-state index is -4.52. The van der Waals surface area contributed by atoms with Gasteiger partial charge in [0.2, 0.25) is 0 Å². The van der Waals surface area contributed by atoms with Gasteiger partial charge in [-0.3, -0.25) is 4.79 Å². The van der Waals surface area contributed by atoms with Gasteiger partial charge >= 0.3 is 6.18 Å². The Hall–Kier alpha value is -2.82. The highest BCUT2D eigenvalue weighted by Crippen LogP contribution is 2.29. The molecule has 0 saturated carbocycles. The van der Waals surface area contributed by atoms with Crippen LogP contribution in [0.2, 0.25) is 0 Å². The molecule has 27 heavy (non-hydrogen) atoms. The molecule has 4 rings (SSSR count). The summed E-state index contributed by atoms with van der Waals surface area (Å²) in [6.07, 6.45) is -3.61. The highest BCUT2D eigenvalue weighted by Gasteiger charge is 2.33. The van der Waals surface area contributed by atoms with E-state index < -0.39 is 11.9 Å². The van der Waals surface area contributed by atoms with Crippen LogP contribution in [-0.2, 0) is 6.18 Å². The molecule has 0 atom stereocenters. The number of alkyl halides is 3. The molecule has 0 spiro atoms. The summed E-state index contributed by atoms with van der Waals surface area (Å²) in [4.78, 5) is 23.3. The van der Waals surface area contributed by atoms with Crippen molar-refractivity contribution in [3.63, 3.8) is 0 Å². The molecule has 1 amide bonds. The zero-order valence-corrected chi connectivity index (χ0v) is 14.7. The van der Waals surface area contributed by atoms with Crippen molar-refractivity contribution >= 4 is 34.5 Å². The summed E-state index contributed by atoms with van der Waals surface area (Å²) in [7, 11) is 0.